The summed E-state index contributed by atoms with van der Waals surface area (Å²) in [6.45, 7) is 2.53. The van der Waals surface area contributed by atoms with E-state index in [9.17, 15) is 4.79 Å². The van der Waals surface area contributed by atoms with E-state index in [-0.39, 0.29) is 5.69 Å². The maximum Gasteiger partial charge on any atom is 0.345 e. The van der Waals surface area contributed by atoms with Crippen LogP contribution in [-0.2, 0) is 6.42 Å². The van der Waals surface area contributed by atoms with Crippen LogP contribution in [0.4, 0.5) is 0 Å². The van der Waals surface area contributed by atoms with Gasteiger partial charge < -0.3 is 10.7 Å². The van der Waals surface area contributed by atoms with E-state index in [0.717, 1.165) is 22.2 Å². The highest BCUT2D eigenvalue weighted by molar-refractivity contribution is 5.81. The van der Waals surface area contributed by atoms with Crippen molar-refractivity contribution >= 4 is 10.9 Å². The average molecular weight is 203 g/mol. The molecule has 0 spiro atoms. The number of hydrogen-bond acceptors (Lipinski definition) is 3. The van der Waals surface area contributed by atoms with Crippen LogP contribution in [0.1, 0.15) is 11.3 Å². The second-order valence-electron chi connectivity index (χ2n) is 3.58. The minimum Gasteiger partial charge on any atom is -0.330 e. The molecule has 2 aromatic rings. The number of H-pyrrole nitrogens is 1. The molecule has 0 aliphatic carbocycles. The van der Waals surface area contributed by atoms with Crippen molar-refractivity contribution in [1.29, 1.82) is 0 Å². The Morgan fingerprint density at radius 2 is 2.27 bits per heavy atom. The number of nitrogens with one attached hydrogen (secondary N) is 1. The van der Waals surface area contributed by atoms with E-state index in [1.807, 2.05) is 25.1 Å². The van der Waals surface area contributed by atoms with Crippen molar-refractivity contribution in [3.05, 3.63) is 39.9 Å². The second kappa shape index (κ2) is 3.82. The Bertz CT molecular complexity index is 545. The molecule has 78 valence electrons. The average Bonchev–Trinajstić information content (AvgIpc) is 2.19. The van der Waals surface area contributed by atoms with E-state index in [0.29, 0.717) is 13.0 Å². The SMILES string of the molecule is Cc1ccc2nc(=O)[nH]c(CCN)c2c1. The molecule has 0 saturated heterocycles. The molecule has 0 radical (unpaired) electrons. The van der Waals surface area contributed by atoms with Crippen molar-refractivity contribution in [3.63, 3.8) is 0 Å². The molecule has 2 rings (SSSR count). The molecular weight excluding hydrogens is 190 g/mol. The van der Waals surface area contributed by atoms with Crippen LogP contribution in [0.3, 0.4) is 0 Å². The zero-order valence-corrected chi connectivity index (χ0v) is 8.58. The first-order valence-electron chi connectivity index (χ1n) is 4.90. The molecule has 0 bridgehead atoms. The van der Waals surface area contributed by atoms with Gasteiger partial charge in [0.15, 0.2) is 0 Å². The van der Waals surface area contributed by atoms with Gasteiger partial charge in [0.2, 0.25) is 0 Å². The van der Waals surface area contributed by atoms with Crippen molar-refractivity contribution in [1.82, 2.24) is 9.97 Å². The van der Waals surface area contributed by atoms with Gasteiger partial charge in [-0.2, -0.15) is 4.98 Å². The third-order valence-corrected chi connectivity index (χ3v) is 2.35. The molecule has 0 atom stereocenters. The van der Waals surface area contributed by atoms with Gasteiger partial charge in [-0.25, -0.2) is 4.79 Å². The number of nitrogens with two attached hydrogens (primary N) is 1. The number of rotatable bonds is 2. The van der Waals surface area contributed by atoms with Crippen LogP contribution in [0.5, 0.6) is 0 Å². The molecule has 0 aliphatic rings. The van der Waals surface area contributed by atoms with Gasteiger partial charge in [-0.05, 0) is 25.6 Å². The van der Waals surface area contributed by atoms with E-state index < -0.39 is 0 Å². The first kappa shape index (κ1) is 9.86. The fourth-order valence-electron chi connectivity index (χ4n) is 1.66. The quantitative estimate of drug-likeness (QED) is 0.756. The van der Waals surface area contributed by atoms with E-state index in [1.54, 1.807) is 0 Å². The van der Waals surface area contributed by atoms with Crippen molar-refractivity contribution < 1.29 is 0 Å². The Labute approximate surface area is 87.1 Å². The minimum absolute atomic E-state index is 0.310. The van der Waals surface area contributed by atoms with Crippen LogP contribution < -0.4 is 11.4 Å². The van der Waals surface area contributed by atoms with Gasteiger partial charge in [0.05, 0.1) is 5.52 Å². The third kappa shape index (κ3) is 1.89. The van der Waals surface area contributed by atoms with Crippen molar-refractivity contribution in [2.45, 2.75) is 13.3 Å². The molecule has 1 heterocycles. The number of nitrogens with zero attached hydrogens (tertiary/aromatic N) is 1. The first-order chi connectivity index (χ1) is 7.20. The van der Waals surface area contributed by atoms with Gasteiger partial charge in [-0.3, -0.25) is 0 Å². The molecule has 0 amide bonds. The molecule has 0 saturated carbocycles. The predicted octanol–water partition coefficient (Wildman–Crippen LogP) is 0.733. The summed E-state index contributed by atoms with van der Waals surface area (Å²) in [5.41, 5.74) is 7.94. The van der Waals surface area contributed by atoms with Crippen LogP contribution in [0.2, 0.25) is 0 Å². The number of aromatic nitrogens is 2. The Kier molecular flexibility index (Phi) is 2.51. The van der Waals surface area contributed by atoms with E-state index in [2.05, 4.69) is 9.97 Å². The Hall–Kier alpha value is -1.68. The summed E-state index contributed by atoms with van der Waals surface area (Å²) < 4.78 is 0. The number of hydrogen-bond donors (Lipinski definition) is 2. The summed E-state index contributed by atoms with van der Waals surface area (Å²) in [5, 5.41) is 0.986. The Morgan fingerprint density at radius 3 is 3.00 bits per heavy atom. The summed E-state index contributed by atoms with van der Waals surface area (Å²) in [5.74, 6) is 0. The molecule has 0 aliphatic heterocycles. The van der Waals surface area contributed by atoms with Crippen LogP contribution in [0.25, 0.3) is 10.9 Å². The van der Waals surface area contributed by atoms with Gasteiger partial charge in [0.1, 0.15) is 0 Å². The monoisotopic (exact) mass is 203 g/mol. The van der Waals surface area contributed by atoms with Crippen LogP contribution >= 0.6 is 0 Å². The highest BCUT2D eigenvalue weighted by Crippen LogP contribution is 2.15. The van der Waals surface area contributed by atoms with Gasteiger partial charge in [-0.1, -0.05) is 11.6 Å². The molecule has 4 heteroatoms. The lowest BCUT2D eigenvalue weighted by Crippen LogP contribution is -2.15. The smallest absolute Gasteiger partial charge is 0.330 e. The van der Waals surface area contributed by atoms with Crippen molar-refractivity contribution in [3.8, 4) is 0 Å². The zero-order valence-electron chi connectivity index (χ0n) is 8.58. The lowest BCUT2D eigenvalue weighted by atomic mass is 10.1. The second-order valence-corrected chi connectivity index (χ2v) is 3.58. The Morgan fingerprint density at radius 1 is 1.47 bits per heavy atom. The van der Waals surface area contributed by atoms with Gasteiger partial charge in [0.25, 0.3) is 0 Å². The molecule has 15 heavy (non-hydrogen) atoms. The fourth-order valence-corrected chi connectivity index (χ4v) is 1.66. The number of fused-ring (bicyclic) bond motifs is 1. The maximum absolute atomic E-state index is 11.3. The minimum atomic E-state index is -0.310. The lowest BCUT2D eigenvalue weighted by molar-refractivity contribution is 0.910. The third-order valence-electron chi connectivity index (χ3n) is 2.35. The molecule has 3 N–H and O–H groups in total. The zero-order chi connectivity index (χ0) is 10.8. The Balaban J connectivity index is 2.75. The largest absolute Gasteiger partial charge is 0.345 e. The summed E-state index contributed by atoms with van der Waals surface area (Å²) in [6.07, 6.45) is 0.664. The van der Waals surface area contributed by atoms with Gasteiger partial charge in [0, 0.05) is 17.5 Å². The molecule has 1 aromatic carbocycles. The highest BCUT2D eigenvalue weighted by Gasteiger charge is 2.03. The fraction of sp³-hybridized carbons (Fsp3) is 0.273. The van der Waals surface area contributed by atoms with E-state index in [4.69, 9.17) is 5.73 Å². The molecule has 0 unspecified atom stereocenters. The number of aryl methyl sites for hydroxylation is 1. The first-order valence-corrected chi connectivity index (χ1v) is 4.90. The lowest BCUT2D eigenvalue weighted by Gasteiger charge is -2.04. The van der Waals surface area contributed by atoms with Crippen molar-refractivity contribution in [2.75, 3.05) is 6.54 Å². The summed E-state index contributed by atoms with van der Waals surface area (Å²) >= 11 is 0. The van der Waals surface area contributed by atoms with Crippen LogP contribution in [0, 0.1) is 6.92 Å². The molecular formula is C11H13N3O. The van der Waals surface area contributed by atoms with Crippen LogP contribution in [-0.4, -0.2) is 16.5 Å². The van der Waals surface area contributed by atoms with Gasteiger partial charge in [-0.15, -0.1) is 0 Å². The van der Waals surface area contributed by atoms with E-state index in [1.165, 1.54) is 0 Å². The maximum atomic E-state index is 11.3. The van der Waals surface area contributed by atoms with Crippen molar-refractivity contribution in [2.24, 2.45) is 5.73 Å². The predicted molar refractivity (Wildman–Crippen MR) is 59.9 cm³/mol. The molecule has 0 fully saturated rings. The standard InChI is InChI=1S/C11H13N3O/c1-7-2-3-9-8(6-7)10(4-5-12)14-11(15)13-9/h2-3,6H,4-5,12H2,1H3,(H,13,14,15). The molecule has 4 nitrogen and oxygen atoms in total. The summed E-state index contributed by atoms with van der Waals surface area (Å²) in [7, 11) is 0. The van der Waals surface area contributed by atoms with Crippen LogP contribution in [0.15, 0.2) is 23.0 Å². The van der Waals surface area contributed by atoms with E-state index >= 15 is 0 Å². The topological polar surface area (TPSA) is 71.8 Å². The number of benzene rings is 1. The molecule has 1 aromatic heterocycles. The van der Waals surface area contributed by atoms with Gasteiger partial charge >= 0.3 is 5.69 Å². The summed E-state index contributed by atoms with van der Waals surface area (Å²) in [4.78, 5) is 17.9. The summed E-state index contributed by atoms with van der Waals surface area (Å²) in [6, 6.07) is 5.82. The highest BCUT2D eigenvalue weighted by atomic mass is 16.1. The normalized spacial score (nSPS) is 10.8. The number of aromatic amines is 1.